The molecule has 0 saturated carbocycles. The van der Waals surface area contributed by atoms with E-state index >= 15 is 0 Å². The number of quaternary nitrogens is 1. The number of nitrogens with one attached hydrogen (secondary N) is 1. The monoisotopic (exact) mass is 1140 g/mol. The van der Waals surface area contributed by atoms with E-state index in [2.05, 4.69) is 79.9 Å². The largest absolute Gasteiger partial charge is 0.472 e. The number of phosphoric acid groups is 1. The third-order valence-corrected chi connectivity index (χ3v) is 16.4. The molecule has 0 heterocycles. The van der Waals surface area contributed by atoms with Gasteiger partial charge in [-0.15, -0.1) is 0 Å². The average Bonchev–Trinajstić information content (AvgIpc) is 3.42. The van der Waals surface area contributed by atoms with Gasteiger partial charge >= 0.3 is 7.82 Å². The van der Waals surface area contributed by atoms with Crippen molar-refractivity contribution < 1.29 is 32.9 Å². The Labute approximate surface area is 497 Å². The number of hydrogen-bond donors (Lipinski definition) is 3. The fourth-order valence-corrected chi connectivity index (χ4v) is 10.9. The van der Waals surface area contributed by atoms with E-state index in [9.17, 15) is 19.4 Å². The van der Waals surface area contributed by atoms with Gasteiger partial charge < -0.3 is 19.8 Å². The molecule has 0 spiro atoms. The zero-order valence-corrected chi connectivity index (χ0v) is 54.5. The highest BCUT2D eigenvalue weighted by Gasteiger charge is 2.28. The number of likely N-dealkylation sites (N-methyl/N-ethyl adjacent to an activating group) is 1. The number of aliphatic hydroxyl groups is 1. The zero-order chi connectivity index (χ0) is 58.4. The van der Waals surface area contributed by atoms with Crippen LogP contribution < -0.4 is 5.32 Å². The Morgan fingerprint density at radius 1 is 0.438 bits per heavy atom. The van der Waals surface area contributed by atoms with Crippen LogP contribution in [0.15, 0.2) is 72.9 Å². The van der Waals surface area contributed by atoms with Crippen molar-refractivity contribution in [3.05, 3.63) is 72.9 Å². The lowest BCUT2D eigenvalue weighted by Gasteiger charge is -2.25. The molecule has 0 aliphatic rings. The maximum absolute atomic E-state index is 13.0. The number of unbranched alkanes of at least 4 members (excludes halogenated alkanes) is 40. The van der Waals surface area contributed by atoms with Gasteiger partial charge in [0, 0.05) is 6.42 Å². The molecule has 0 radical (unpaired) electrons. The van der Waals surface area contributed by atoms with Gasteiger partial charge in [0.2, 0.25) is 5.91 Å². The predicted octanol–water partition coefficient (Wildman–Crippen LogP) is 21.8. The smallest absolute Gasteiger partial charge is 0.387 e. The molecule has 8 nitrogen and oxygen atoms in total. The van der Waals surface area contributed by atoms with E-state index in [1.165, 1.54) is 231 Å². The minimum Gasteiger partial charge on any atom is -0.387 e. The van der Waals surface area contributed by atoms with E-state index in [1.54, 1.807) is 6.08 Å². The van der Waals surface area contributed by atoms with Gasteiger partial charge in [0.15, 0.2) is 0 Å². The van der Waals surface area contributed by atoms with E-state index in [-0.39, 0.29) is 19.1 Å². The first-order chi connectivity index (χ1) is 39.0. The molecule has 3 unspecified atom stereocenters. The maximum atomic E-state index is 13.0. The standard InChI is InChI=1S/C71H133N2O6P/c1-6-8-10-12-14-16-18-20-22-24-26-28-29-30-31-32-33-34-35-36-37-38-39-40-41-42-43-45-47-49-51-53-55-57-59-61-63-65-71(75)72-69(68-79-80(76,77)78-67-66-73(3,4)5)70(74)64-62-60-58-56-54-52-50-48-46-44-27-25-23-21-19-17-15-13-11-9-7-2/h8,10,14,16,20,22,26,28,30-31,62,64,69-70,74H,6-7,9,11-13,15,17-19,21,23-25,27,29,32-61,63,65-68H2,1-5H3,(H-,72,75,76,77)/p+1/b10-8-,16-14-,22-20-,28-26-,31-30-,64-62+. The van der Waals surface area contributed by atoms with Gasteiger partial charge in [-0.3, -0.25) is 13.8 Å². The Morgan fingerprint density at radius 3 is 1.10 bits per heavy atom. The van der Waals surface area contributed by atoms with Crippen LogP contribution >= 0.6 is 7.82 Å². The number of allylic oxidation sites excluding steroid dienone is 11. The Balaban J connectivity index is 4.00. The molecule has 0 aromatic carbocycles. The summed E-state index contributed by atoms with van der Waals surface area (Å²) in [7, 11) is 1.58. The van der Waals surface area contributed by atoms with Crippen molar-refractivity contribution in [3.8, 4) is 0 Å². The van der Waals surface area contributed by atoms with Crippen molar-refractivity contribution in [3.63, 3.8) is 0 Å². The first-order valence-electron chi connectivity index (χ1n) is 34.3. The minimum atomic E-state index is -4.35. The first-order valence-corrected chi connectivity index (χ1v) is 35.8. The number of carbonyl (C=O) groups is 1. The Bertz CT molecular complexity index is 1530. The molecule has 0 saturated heterocycles. The highest BCUT2D eigenvalue weighted by molar-refractivity contribution is 7.47. The molecule has 9 heteroatoms. The fourth-order valence-electron chi connectivity index (χ4n) is 10.1. The summed E-state index contributed by atoms with van der Waals surface area (Å²) in [5.74, 6) is -0.172. The van der Waals surface area contributed by atoms with Crippen LogP contribution in [0.2, 0.25) is 0 Å². The van der Waals surface area contributed by atoms with E-state index in [4.69, 9.17) is 9.05 Å². The van der Waals surface area contributed by atoms with E-state index < -0.39 is 20.0 Å². The average molecular weight is 1140 g/mol. The lowest BCUT2D eigenvalue weighted by Crippen LogP contribution is -2.45. The Kier molecular flexibility index (Phi) is 59.9. The Hall–Kier alpha value is -2.06. The number of hydrogen-bond acceptors (Lipinski definition) is 5. The van der Waals surface area contributed by atoms with Gasteiger partial charge in [-0.1, -0.05) is 324 Å². The summed E-state index contributed by atoms with van der Waals surface area (Å²) in [5, 5.41) is 14.0. The van der Waals surface area contributed by atoms with Crippen LogP contribution in [0.1, 0.15) is 322 Å². The van der Waals surface area contributed by atoms with Crippen LogP contribution in [0.3, 0.4) is 0 Å². The molecule has 80 heavy (non-hydrogen) atoms. The molecule has 0 rings (SSSR count). The van der Waals surface area contributed by atoms with E-state index in [0.29, 0.717) is 17.4 Å². The summed E-state index contributed by atoms with van der Waals surface area (Å²) >= 11 is 0. The van der Waals surface area contributed by atoms with Crippen molar-refractivity contribution in [2.75, 3.05) is 40.9 Å². The molecule has 1 amide bonds. The molecule has 468 valence electrons. The summed E-state index contributed by atoms with van der Waals surface area (Å²) in [6.07, 6.45) is 86.1. The van der Waals surface area contributed by atoms with Gasteiger partial charge in [-0.25, -0.2) is 4.57 Å². The number of carbonyl (C=O) groups excluding carboxylic acids is 1. The molecule has 0 fully saturated rings. The normalized spacial score (nSPS) is 14.1. The van der Waals surface area contributed by atoms with Crippen molar-refractivity contribution in [2.45, 2.75) is 334 Å². The molecule has 0 aromatic heterocycles. The second kappa shape index (κ2) is 61.5. The van der Waals surface area contributed by atoms with Gasteiger partial charge in [0.05, 0.1) is 39.9 Å². The topological polar surface area (TPSA) is 105 Å². The number of rotatable bonds is 63. The number of phosphoric ester groups is 1. The van der Waals surface area contributed by atoms with Crippen molar-refractivity contribution >= 4 is 13.7 Å². The van der Waals surface area contributed by atoms with Crippen LogP contribution in [0.5, 0.6) is 0 Å². The van der Waals surface area contributed by atoms with Crippen LogP contribution in [0, 0.1) is 0 Å². The molecule has 0 aliphatic carbocycles. The molecule has 0 aliphatic heterocycles. The summed E-state index contributed by atoms with van der Waals surface area (Å²) in [6, 6.07) is -0.848. The van der Waals surface area contributed by atoms with Crippen molar-refractivity contribution in [1.29, 1.82) is 0 Å². The van der Waals surface area contributed by atoms with Crippen molar-refractivity contribution in [2.24, 2.45) is 0 Å². The van der Waals surface area contributed by atoms with Crippen LogP contribution in [-0.4, -0.2) is 73.4 Å². The van der Waals surface area contributed by atoms with Crippen LogP contribution in [-0.2, 0) is 18.4 Å². The molecule has 0 aromatic rings. The summed E-state index contributed by atoms with van der Waals surface area (Å²) < 4.78 is 23.8. The van der Waals surface area contributed by atoms with Crippen LogP contribution in [0.25, 0.3) is 0 Å². The van der Waals surface area contributed by atoms with Crippen LogP contribution in [0.4, 0.5) is 0 Å². The third-order valence-electron chi connectivity index (χ3n) is 15.4. The number of nitrogens with zero attached hydrogens (tertiary/aromatic N) is 1. The SMILES string of the molecule is CC/C=C\C/C=C\C/C=C\C/C=C\C/C=C\CCCCCCCCCCCCCCCCCCCCCCCC(=O)NC(COP(=O)(O)OCC[N+](C)(C)C)C(O)/C=C/CCCCCCCCCCCCCCCCCCCCC. The number of amides is 1. The quantitative estimate of drug-likeness (QED) is 0.0243. The predicted molar refractivity (Wildman–Crippen MR) is 350 cm³/mol. The van der Waals surface area contributed by atoms with Gasteiger partial charge in [0.1, 0.15) is 13.2 Å². The maximum Gasteiger partial charge on any atom is 0.472 e. The second-order valence-electron chi connectivity index (χ2n) is 24.5. The van der Waals surface area contributed by atoms with E-state index in [0.717, 1.165) is 70.6 Å². The molecule has 0 bridgehead atoms. The Morgan fingerprint density at radius 2 is 0.750 bits per heavy atom. The minimum absolute atomic E-state index is 0.0619. The van der Waals surface area contributed by atoms with Gasteiger partial charge in [-0.2, -0.15) is 0 Å². The number of aliphatic hydroxyl groups excluding tert-OH is 1. The first kappa shape index (κ1) is 77.9. The van der Waals surface area contributed by atoms with E-state index in [1.807, 2.05) is 27.2 Å². The summed E-state index contributed by atoms with van der Waals surface area (Å²) in [4.78, 5) is 23.4. The molecular formula is C71H134N2O6P+. The zero-order valence-electron chi connectivity index (χ0n) is 53.6. The highest BCUT2D eigenvalue weighted by Crippen LogP contribution is 2.43. The summed E-state index contributed by atoms with van der Waals surface area (Å²) in [6.45, 7) is 4.74. The second-order valence-corrected chi connectivity index (χ2v) is 26.0. The highest BCUT2D eigenvalue weighted by atomic mass is 31.2. The molecular weight excluding hydrogens is 1010 g/mol. The molecule has 3 N–H and O–H groups in total. The van der Waals surface area contributed by atoms with Gasteiger partial charge in [-0.05, 0) is 64.2 Å². The third kappa shape index (κ3) is 63.5. The van der Waals surface area contributed by atoms with Gasteiger partial charge in [0.25, 0.3) is 0 Å². The van der Waals surface area contributed by atoms with Crippen molar-refractivity contribution in [1.82, 2.24) is 5.32 Å². The lowest BCUT2D eigenvalue weighted by molar-refractivity contribution is -0.870. The summed E-state index contributed by atoms with van der Waals surface area (Å²) in [5.41, 5.74) is 0. The fraction of sp³-hybridized carbons (Fsp3) is 0.817. The molecule has 3 atom stereocenters. The lowest BCUT2D eigenvalue weighted by atomic mass is 10.0.